The molecule has 0 bridgehead atoms. The summed E-state index contributed by atoms with van der Waals surface area (Å²) in [5.74, 6) is 5.36. The van der Waals surface area contributed by atoms with Crippen LogP contribution < -0.4 is 11.3 Å². The Labute approximate surface area is 112 Å². The lowest BCUT2D eigenvalue weighted by molar-refractivity contribution is -0.138. The second kappa shape index (κ2) is 5.86. The largest absolute Gasteiger partial charge is 0.417 e. The fraction of sp³-hybridized carbons (Fsp3) is 0.333. The van der Waals surface area contributed by atoms with Crippen LogP contribution in [0.25, 0.3) is 0 Å². The SMILES string of the molecule is CC(C)=CC(NN)c1ccc(Br)c(C(F)(F)F)c1. The first-order chi connectivity index (χ1) is 8.25. The van der Waals surface area contributed by atoms with Gasteiger partial charge in [0.1, 0.15) is 0 Å². The molecule has 0 saturated carbocycles. The van der Waals surface area contributed by atoms with Gasteiger partial charge < -0.3 is 0 Å². The molecule has 18 heavy (non-hydrogen) atoms. The zero-order valence-corrected chi connectivity index (χ0v) is 11.6. The third-order valence-corrected chi connectivity index (χ3v) is 3.03. The number of nitrogens with two attached hydrogens (primary N) is 1. The average molecular weight is 323 g/mol. The fourth-order valence-electron chi connectivity index (χ4n) is 1.53. The van der Waals surface area contributed by atoms with Gasteiger partial charge in [-0.1, -0.05) is 33.6 Å². The molecule has 0 heterocycles. The number of halogens is 4. The van der Waals surface area contributed by atoms with Crippen molar-refractivity contribution in [2.24, 2.45) is 5.84 Å². The van der Waals surface area contributed by atoms with Gasteiger partial charge in [-0.15, -0.1) is 0 Å². The van der Waals surface area contributed by atoms with Crippen LogP contribution >= 0.6 is 15.9 Å². The summed E-state index contributed by atoms with van der Waals surface area (Å²) in [6, 6.07) is 3.63. The topological polar surface area (TPSA) is 38.0 Å². The van der Waals surface area contributed by atoms with Crippen LogP contribution in [-0.4, -0.2) is 0 Å². The van der Waals surface area contributed by atoms with Crippen molar-refractivity contribution in [3.63, 3.8) is 0 Å². The highest BCUT2D eigenvalue weighted by atomic mass is 79.9. The van der Waals surface area contributed by atoms with E-state index >= 15 is 0 Å². The van der Waals surface area contributed by atoms with Crippen molar-refractivity contribution >= 4 is 15.9 Å². The summed E-state index contributed by atoms with van der Waals surface area (Å²) in [5.41, 5.74) is 3.22. The molecule has 0 amide bonds. The average Bonchev–Trinajstić information content (AvgIpc) is 2.25. The van der Waals surface area contributed by atoms with Crippen molar-refractivity contribution in [2.45, 2.75) is 26.1 Å². The standard InChI is InChI=1S/C12H14BrF3N2/c1-7(2)5-11(18-17)8-3-4-10(13)9(6-8)12(14,15)16/h3-6,11,18H,17H2,1-2H3. The van der Waals surface area contributed by atoms with E-state index in [0.29, 0.717) is 5.56 Å². The Morgan fingerprint density at radius 1 is 1.39 bits per heavy atom. The van der Waals surface area contributed by atoms with Crippen LogP contribution in [0, 0.1) is 0 Å². The van der Waals surface area contributed by atoms with Gasteiger partial charge in [0.2, 0.25) is 0 Å². The Hall–Kier alpha value is -0.850. The van der Waals surface area contributed by atoms with Crippen LogP contribution in [0.3, 0.4) is 0 Å². The summed E-state index contributed by atoms with van der Waals surface area (Å²) < 4.78 is 38.3. The Morgan fingerprint density at radius 2 is 2.00 bits per heavy atom. The molecule has 0 aliphatic carbocycles. The molecule has 1 unspecified atom stereocenters. The van der Waals surface area contributed by atoms with Gasteiger partial charge in [0, 0.05) is 4.47 Å². The van der Waals surface area contributed by atoms with Crippen LogP contribution in [0.15, 0.2) is 34.3 Å². The first kappa shape index (κ1) is 15.2. The lowest BCUT2D eigenvalue weighted by Crippen LogP contribution is -2.27. The minimum Gasteiger partial charge on any atom is -0.271 e. The lowest BCUT2D eigenvalue weighted by Gasteiger charge is -2.16. The predicted molar refractivity (Wildman–Crippen MR) is 68.6 cm³/mol. The van der Waals surface area contributed by atoms with E-state index in [0.717, 1.165) is 11.6 Å². The van der Waals surface area contributed by atoms with Gasteiger partial charge in [0.15, 0.2) is 0 Å². The molecule has 1 rings (SSSR count). The second-order valence-electron chi connectivity index (χ2n) is 4.13. The van der Waals surface area contributed by atoms with Crippen molar-refractivity contribution < 1.29 is 13.2 Å². The maximum absolute atomic E-state index is 12.8. The van der Waals surface area contributed by atoms with E-state index in [1.165, 1.54) is 6.07 Å². The third-order valence-electron chi connectivity index (χ3n) is 2.33. The molecule has 0 fully saturated rings. The van der Waals surface area contributed by atoms with Gasteiger partial charge in [-0.05, 0) is 31.5 Å². The molecule has 2 nitrogen and oxygen atoms in total. The van der Waals surface area contributed by atoms with Crippen molar-refractivity contribution in [1.82, 2.24) is 5.43 Å². The molecule has 1 atom stereocenters. The van der Waals surface area contributed by atoms with E-state index in [4.69, 9.17) is 5.84 Å². The highest BCUT2D eigenvalue weighted by molar-refractivity contribution is 9.10. The second-order valence-corrected chi connectivity index (χ2v) is 4.98. The molecular weight excluding hydrogens is 309 g/mol. The third kappa shape index (κ3) is 3.83. The van der Waals surface area contributed by atoms with Gasteiger partial charge in [0.25, 0.3) is 0 Å². The van der Waals surface area contributed by atoms with E-state index in [1.54, 1.807) is 12.1 Å². The molecule has 100 valence electrons. The molecule has 1 aromatic rings. The summed E-state index contributed by atoms with van der Waals surface area (Å²) in [5, 5.41) is 0. The monoisotopic (exact) mass is 322 g/mol. The van der Waals surface area contributed by atoms with Crippen LogP contribution in [-0.2, 0) is 6.18 Å². The van der Waals surface area contributed by atoms with Crippen molar-refractivity contribution in [3.8, 4) is 0 Å². The minimum absolute atomic E-state index is 0.0201. The zero-order valence-electron chi connectivity index (χ0n) is 9.98. The van der Waals surface area contributed by atoms with Gasteiger partial charge >= 0.3 is 6.18 Å². The summed E-state index contributed by atoms with van der Waals surface area (Å²) in [7, 11) is 0. The highest BCUT2D eigenvalue weighted by Gasteiger charge is 2.33. The lowest BCUT2D eigenvalue weighted by atomic mass is 10.0. The number of benzene rings is 1. The molecule has 6 heteroatoms. The Bertz CT molecular complexity index is 451. The summed E-state index contributed by atoms with van der Waals surface area (Å²) in [6.45, 7) is 3.71. The summed E-state index contributed by atoms with van der Waals surface area (Å²) in [4.78, 5) is 0. The Balaban J connectivity index is 3.23. The first-order valence-electron chi connectivity index (χ1n) is 5.23. The number of hydrogen-bond donors (Lipinski definition) is 2. The number of rotatable bonds is 3. The van der Waals surface area contributed by atoms with Crippen LogP contribution in [0.1, 0.15) is 31.0 Å². The molecule has 0 spiro atoms. The quantitative estimate of drug-likeness (QED) is 0.502. The van der Waals surface area contributed by atoms with E-state index < -0.39 is 17.8 Å². The number of hydrogen-bond acceptors (Lipinski definition) is 2. The molecule has 0 aliphatic heterocycles. The molecule has 0 saturated heterocycles. The van der Waals surface area contributed by atoms with Crippen LogP contribution in [0.5, 0.6) is 0 Å². The summed E-state index contributed by atoms with van der Waals surface area (Å²) in [6.07, 6.45) is -2.62. The number of allylic oxidation sites excluding steroid dienone is 1. The fourth-order valence-corrected chi connectivity index (χ4v) is 2.00. The van der Waals surface area contributed by atoms with Crippen LogP contribution in [0.2, 0.25) is 0 Å². The summed E-state index contributed by atoms with van der Waals surface area (Å²) >= 11 is 2.90. The number of nitrogens with one attached hydrogen (secondary N) is 1. The van der Waals surface area contributed by atoms with Gasteiger partial charge in [-0.25, -0.2) is 5.43 Å². The number of alkyl halides is 3. The van der Waals surface area contributed by atoms with E-state index in [2.05, 4.69) is 21.4 Å². The van der Waals surface area contributed by atoms with Crippen LogP contribution in [0.4, 0.5) is 13.2 Å². The minimum atomic E-state index is -4.39. The zero-order chi connectivity index (χ0) is 13.9. The Morgan fingerprint density at radius 3 is 2.44 bits per heavy atom. The van der Waals surface area contributed by atoms with E-state index in [-0.39, 0.29) is 4.47 Å². The van der Waals surface area contributed by atoms with Gasteiger partial charge in [0.05, 0.1) is 11.6 Å². The van der Waals surface area contributed by atoms with Gasteiger partial charge in [-0.2, -0.15) is 13.2 Å². The first-order valence-corrected chi connectivity index (χ1v) is 6.02. The molecular formula is C12H14BrF3N2. The predicted octanol–water partition coefficient (Wildman–Crippen LogP) is 3.94. The molecule has 0 aromatic heterocycles. The van der Waals surface area contributed by atoms with E-state index in [1.807, 2.05) is 13.8 Å². The van der Waals surface area contributed by atoms with Crippen molar-refractivity contribution in [3.05, 3.63) is 45.4 Å². The highest BCUT2D eigenvalue weighted by Crippen LogP contribution is 2.36. The van der Waals surface area contributed by atoms with Crippen molar-refractivity contribution in [2.75, 3.05) is 0 Å². The van der Waals surface area contributed by atoms with Gasteiger partial charge in [-0.3, -0.25) is 5.84 Å². The Kier molecular flexibility index (Phi) is 4.95. The van der Waals surface area contributed by atoms with Crippen molar-refractivity contribution in [1.29, 1.82) is 0 Å². The normalized spacial score (nSPS) is 13.3. The molecule has 0 radical (unpaired) electrons. The molecule has 1 aromatic carbocycles. The maximum atomic E-state index is 12.8. The number of hydrazine groups is 1. The molecule has 0 aliphatic rings. The van der Waals surface area contributed by atoms with E-state index in [9.17, 15) is 13.2 Å². The maximum Gasteiger partial charge on any atom is 0.417 e. The molecule has 3 N–H and O–H groups in total. The smallest absolute Gasteiger partial charge is 0.271 e.